The molecule has 1 aliphatic rings. The molecule has 1 N–H and O–H groups in total. The molecule has 0 aliphatic carbocycles. The van der Waals surface area contributed by atoms with Crippen LogP contribution in [0.15, 0.2) is 24.3 Å². The van der Waals surface area contributed by atoms with Crippen molar-refractivity contribution in [3.05, 3.63) is 29.8 Å². The van der Waals surface area contributed by atoms with Gasteiger partial charge in [0.1, 0.15) is 11.9 Å². The SMILES string of the molecule is COc1ccc([C@@H](O)[C@@H]2CCO2)cc1. The van der Waals surface area contributed by atoms with Crippen LogP contribution in [0, 0.1) is 0 Å². The lowest BCUT2D eigenvalue weighted by molar-refractivity contribution is -0.118. The third-order valence-electron chi connectivity index (χ3n) is 2.54. The fourth-order valence-corrected chi connectivity index (χ4v) is 1.52. The summed E-state index contributed by atoms with van der Waals surface area (Å²) >= 11 is 0. The summed E-state index contributed by atoms with van der Waals surface area (Å²) in [4.78, 5) is 0. The van der Waals surface area contributed by atoms with E-state index in [-0.39, 0.29) is 6.10 Å². The van der Waals surface area contributed by atoms with Crippen molar-refractivity contribution in [3.8, 4) is 5.75 Å². The maximum absolute atomic E-state index is 9.84. The van der Waals surface area contributed by atoms with Crippen LogP contribution in [0.2, 0.25) is 0 Å². The summed E-state index contributed by atoms with van der Waals surface area (Å²) in [5, 5.41) is 9.84. The summed E-state index contributed by atoms with van der Waals surface area (Å²) in [7, 11) is 1.63. The van der Waals surface area contributed by atoms with Crippen molar-refractivity contribution in [1.82, 2.24) is 0 Å². The quantitative estimate of drug-likeness (QED) is 0.792. The molecule has 2 atom stereocenters. The smallest absolute Gasteiger partial charge is 0.118 e. The first-order chi connectivity index (χ1) is 6.81. The number of benzene rings is 1. The van der Waals surface area contributed by atoms with E-state index in [1.54, 1.807) is 7.11 Å². The van der Waals surface area contributed by atoms with Gasteiger partial charge in [0.15, 0.2) is 0 Å². The van der Waals surface area contributed by atoms with Gasteiger partial charge in [-0.2, -0.15) is 0 Å². The van der Waals surface area contributed by atoms with Crippen LogP contribution in [0.4, 0.5) is 0 Å². The molecule has 1 saturated heterocycles. The van der Waals surface area contributed by atoms with Crippen LogP contribution >= 0.6 is 0 Å². The Morgan fingerprint density at radius 2 is 2.07 bits per heavy atom. The van der Waals surface area contributed by atoms with E-state index in [1.807, 2.05) is 24.3 Å². The topological polar surface area (TPSA) is 38.7 Å². The normalized spacial score (nSPS) is 22.6. The molecule has 0 spiro atoms. The van der Waals surface area contributed by atoms with Crippen LogP contribution < -0.4 is 4.74 Å². The highest BCUT2D eigenvalue weighted by molar-refractivity contribution is 5.29. The van der Waals surface area contributed by atoms with Gasteiger partial charge in [-0.25, -0.2) is 0 Å². The van der Waals surface area contributed by atoms with Crippen molar-refractivity contribution in [1.29, 1.82) is 0 Å². The molecule has 0 saturated carbocycles. The molecule has 14 heavy (non-hydrogen) atoms. The Labute approximate surface area is 83.3 Å². The van der Waals surface area contributed by atoms with E-state index in [9.17, 15) is 5.11 Å². The van der Waals surface area contributed by atoms with Crippen molar-refractivity contribution in [2.24, 2.45) is 0 Å². The summed E-state index contributed by atoms with van der Waals surface area (Å²) in [5.41, 5.74) is 0.885. The average Bonchev–Trinajstić information content (AvgIpc) is 2.15. The fourth-order valence-electron chi connectivity index (χ4n) is 1.52. The molecular formula is C11H14O3. The second-order valence-corrected chi connectivity index (χ2v) is 3.42. The van der Waals surface area contributed by atoms with Gasteiger partial charge in [0, 0.05) is 6.61 Å². The van der Waals surface area contributed by atoms with Crippen LogP contribution in [0.25, 0.3) is 0 Å². The van der Waals surface area contributed by atoms with Crippen LogP contribution in [-0.2, 0) is 4.74 Å². The molecule has 3 nitrogen and oxygen atoms in total. The molecule has 0 unspecified atom stereocenters. The maximum Gasteiger partial charge on any atom is 0.118 e. The van der Waals surface area contributed by atoms with Gasteiger partial charge in [-0.1, -0.05) is 12.1 Å². The molecule has 1 aromatic rings. The van der Waals surface area contributed by atoms with E-state index in [1.165, 1.54) is 0 Å². The predicted molar refractivity (Wildman–Crippen MR) is 52.3 cm³/mol. The van der Waals surface area contributed by atoms with Gasteiger partial charge in [-0.15, -0.1) is 0 Å². The second-order valence-electron chi connectivity index (χ2n) is 3.42. The Hall–Kier alpha value is -1.06. The molecule has 3 heteroatoms. The van der Waals surface area contributed by atoms with Gasteiger partial charge >= 0.3 is 0 Å². The standard InChI is InChI=1S/C11H14O3/c1-13-9-4-2-8(3-5-9)11(12)10-6-7-14-10/h2-5,10-12H,6-7H2,1H3/t10-,11+/m0/s1. The lowest BCUT2D eigenvalue weighted by Gasteiger charge is -2.31. The van der Waals surface area contributed by atoms with E-state index in [4.69, 9.17) is 9.47 Å². The summed E-state index contributed by atoms with van der Waals surface area (Å²) in [6.45, 7) is 0.762. The highest BCUT2D eigenvalue weighted by Crippen LogP contribution is 2.27. The van der Waals surface area contributed by atoms with Crippen LogP contribution in [0.3, 0.4) is 0 Å². The van der Waals surface area contributed by atoms with Crippen molar-refractivity contribution in [3.63, 3.8) is 0 Å². The molecule has 0 radical (unpaired) electrons. The third kappa shape index (κ3) is 1.74. The lowest BCUT2D eigenvalue weighted by atomic mass is 9.99. The average molecular weight is 194 g/mol. The number of hydrogen-bond donors (Lipinski definition) is 1. The van der Waals surface area contributed by atoms with E-state index in [0.717, 1.165) is 24.3 Å². The van der Waals surface area contributed by atoms with Crippen LogP contribution in [0.5, 0.6) is 5.75 Å². The Balaban J connectivity index is 2.07. The van der Waals surface area contributed by atoms with Gasteiger partial charge in [-0.05, 0) is 24.1 Å². The lowest BCUT2D eigenvalue weighted by Crippen LogP contribution is -2.32. The maximum atomic E-state index is 9.84. The largest absolute Gasteiger partial charge is 0.497 e. The van der Waals surface area contributed by atoms with Gasteiger partial charge in [0.25, 0.3) is 0 Å². The number of rotatable bonds is 3. The molecule has 76 valence electrons. The number of hydrogen-bond acceptors (Lipinski definition) is 3. The van der Waals surface area contributed by atoms with Crippen LogP contribution in [-0.4, -0.2) is 24.9 Å². The zero-order valence-corrected chi connectivity index (χ0v) is 8.14. The van der Waals surface area contributed by atoms with Gasteiger partial charge in [0.05, 0.1) is 13.2 Å². The van der Waals surface area contributed by atoms with Gasteiger partial charge in [0.2, 0.25) is 0 Å². The first-order valence-electron chi connectivity index (χ1n) is 4.75. The number of ether oxygens (including phenoxy) is 2. The Morgan fingerprint density at radius 3 is 2.50 bits per heavy atom. The molecule has 1 heterocycles. The molecule has 1 fully saturated rings. The zero-order valence-electron chi connectivity index (χ0n) is 8.14. The van der Waals surface area contributed by atoms with E-state index in [0.29, 0.717) is 0 Å². The summed E-state index contributed by atoms with van der Waals surface area (Å²) < 4.78 is 10.3. The van der Waals surface area contributed by atoms with E-state index < -0.39 is 6.10 Å². The molecule has 1 aliphatic heterocycles. The second kappa shape index (κ2) is 3.98. The number of aliphatic hydroxyl groups is 1. The van der Waals surface area contributed by atoms with Crippen LogP contribution in [0.1, 0.15) is 18.1 Å². The fraction of sp³-hybridized carbons (Fsp3) is 0.455. The first-order valence-corrected chi connectivity index (χ1v) is 4.75. The molecular weight excluding hydrogens is 180 g/mol. The molecule has 0 bridgehead atoms. The highest BCUT2D eigenvalue weighted by Gasteiger charge is 2.27. The Kier molecular flexibility index (Phi) is 2.70. The summed E-state index contributed by atoms with van der Waals surface area (Å²) in [5.74, 6) is 0.801. The van der Waals surface area contributed by atoms with E-state index >= 15 is 0 Å². The molecule has 2 rings (SSSR count). The minimum absolute atomic E-state index is 0.0246. The molecule has 0 aromatic heterocycles. The third-order valence-corrected chi connectivity index (χ3v) is 2.54. The Bertz CT molecular complexity index is 290. The number of methoxy groups -OCH3 is 1. The van der Waals surface area contributed by atoms with Crippen molar-refractivity contribution in [2.45, 2.75) is 18.6 Å². The Morgan fingerprint density at radius 1 is 1.43 bits per heavy atom. The minimum Gasteiger partial charge on any atom is -0.497 e. The summed E-state index contributed by atoms with van der Waals surface area (Å²) in [6.07, 6.45) is 0.408. The van der Waals surface area contributed by atoms with Gasteiger partial charge < -0.3 is 14.6 Å². The van der Waals surface area contributed by atoms with Gasteiger partial charge in [-0.3, -0.25) is 0 Å². The summed E-state index contributed by atoms with van der Waals surface area (Å²) in [6, 6.07) is 7.42. The van der Waals surface area contributed by atoms with Crippen molar-refractivity contribution >= 4 is 0 Å². The minimum atomic E-state index is -0.505. The first kappa shape index (κ1) is 9.49. The zero-order chi connectivity index (χ0) is 9.97. The monoisotopic (exact) mass is 194 g/mol. The van der Waals surface area contributed by atoms with Crippen molar-refractivity contribution < 1.29 is 14.6 Å². The van der Waals surface area contributed by atoms with E-state index in [2.05, 4.69) is 0 Å². The predicted octanol–water partition coefficient (Wildman–Crippen LogP) is 1.52. The van der Waals surface area contributed by atoms with Crippen molar-refractivity contribution in [2.75, 3.05) is 13.7 Å². The number of aliphatic hydroxyl groups excluding tert-OH is 1. The highest BCUT2D eigenvalue weighted by atomic mass is 16.5. The molecule has 1 aromatic carbocycles. The molecule has 0 amide bonds.